The van der Waals surface area contributed by atoms with Gasteiger partial charge >= 0.3 is 0 Å². The molecule has 6 rings (SSSR count). The molecule has 4 heterocycles. The summed E-state index contributed by atoms with van der Waals surface area (Å²) in [6.07, 6.45) is 2.16. The van der Waals surface area contributed by atoms with E-state index in [4.69, 9.17) is 14.2 Å². The highest BCUT2D eigenvalue weighted by Crippen LogP contribution is 2.37. The van der Waals surface area contributed by atoms with Crippen LogP contribution in [0.25, 0.3) is 11.0 Å². The number of amides is 2. The van der Waals surface area contributed by atoms with Crippen LogP contribution in [0.1, 0.15) is 31.2 Å². The molecule has 2 aromatic carbocycles. The average Bonchev–Trinajstić information content (AvgIpc) is 3.58. The molecule has 2 atom stereocenters. The molecular formula is C23H22N4O5. The quantitative estimate of drug-likeness (QED) is 0.654. The zero-order valence-corrected chi connectivity index (χ0v) is 17.3. The number of H-pyrrole nitrogens is 1. The molecule has 9 heteroatoms. The molecule has 164 valence electrons. The van der Waals surface area contributed by atoms with E-state index in [9.17, 15) is 9.59 Å². The predicted molar refractivity (Wildman–Crippen MR) is 116 cm³/mol. The van der Waals surface area contributed by atoms with Gasteiger partial charge in [-0.3, -0.25) is 9.59 Å². The summed E-state index contributed by atoms with van der Waals surface area (Å²) in [5.41, 5.74) is 3.05. The number of hydrogen-bond acceptors (Lipinski definition) is 6. The fourth-order valence-electron chi connectivity index (χ4n) is 4.48. The Morgan fingerprint density at radius 2 is 2.06 bits per heavy atom. The average molecular weight is 434 g/mol. The Bertz CT molecular complexity index is 1220. The number of carbonyl (C=O) groups excluding carboxylic acids is 2. The number of hydrogen-bond donors (Lipinski definition) is 2. The van der Waals surface area contributed by atoms with E-state index in [1.54, 1.807) is 17.0 Å². The monoisotopic (exact) mass is 434 g/mol. The first-order valence-electron chi connectivity index (χ1n) is 10.8. The highest BCUT2D eigenvalue weighted by Gasteiger charge is 2.36. The largest absolute Gasteiger partial charge is 0.454 e. The fourth-order valence-corrected chi connectivity index (χ4v) is 4.48. The third-order valence-electron chi connectivity index (χ3n) is 6.17. The zero-order valence-electron chi connectivity index (χ0n) is 17.3. The van der Waals surface area contributed by atoms with Crippen LogP contribution in [0.5, 0.6) is 11.5 Å². The van der Waals surface area contributed by atoms with Crippen molar-refractivity contribution in [3.8, 4) is 11.5 Å². The van der Waals surface area contributed by atoms with E-state index in [2.05, 4.69) is 15.3 Å². The molecule has 1 aromatic heterocycles. The Labute approximate surface area is 183 Å². The molecule has 9 nitrogen and oxygen atoms in total. The van der Waals surface area contributed by atoms with E-state index >= 15 is 0 Å². The number of carbonyl (C=O) groups is 2. The van der Waals surface area contributed by atoms with Crippen molar-refractivity contribution in [1.29, 1.82) is 0 Å². The fraction of sp³-hybridized carbons (Fsp3) is 0.348. The van der Waals surface area contributed by atoms with Crippen molar-refractivity contribution in [3.05, 3.63) is 42.2 Å². The first kappa shape index (κ1) is 19.1. The van der Waals surface area contributed by atoms with Crippen molar-refractivity contribution in [1.82, 2.24) is 9.97 Å². The number of rotatable bonds is 4. The number of fused-ring (bicyclic) bond motifs is 2. The smallest absolute Gasteiger partial charge is 0.231 e. The van der Waals surface area contributed by atoms with E-state index in [1.165, 1.54) is 0 Å². The van der Waals surface area contributed by atoms with Crippen molar-refractivity contribution >= 4 is 34.2 Å². The summed E-state index contributed by atoms with van der Waals surface area (Å²) < 4.78 is 16.4. The summed E-state index contributed by atoms with van der Waals surface area (Å²) in [7, 11) is 0. The molecule has 3 aromatic rings. The molecule has 2 unspecified atom stereocenters. The topological polar surface area (TPSA) is 106 Å². The third kappa shape index (κ3) is 3.34. The van der Waals surface area contributed by atoms with Crippen LogP contribution in [0, 0.1) is 5.92 Å². The zero-order chi connectivity index (χ0) is 21.7. The van der Waals surface area contributed by atoms with Crippen molar-refractivity contribution < 1.29 is 23.8 Å². The van der Waals surface area contributed by atoms with Gasteiger partial charge < -0.3 is 29.4 Å². The lowest BCUT2D eigenvalue weighted by Gasteiger charge is -2.17. The van der Waals surface area contributed by atoms with Gasteiger partial charge in [0.2, 0.25) is 18.6 Å². The number of ether oxygens (including phenoxy) is 3. The van der Waals surface area contributed by atoms with Gasteiger partial charge in [0.25, 0.3) is 0 Å². The number of nitrogens with zero attached hydrogens (tertiary/aromatic N) is 2. The van der Waals surface area contributed by atoms with Gasteiger partial charge in [0.1, 0.15) is 11.9 Å². The van der Waals surface area contributed by atoms with Gasteiger partial charge in [-0.1, -0.05) is 0 Å². The van der Waals surface area contributed by atoms with Crippen molar-refractivity contribution in [2.45, 2.75) is 25.4 Å². The summed E-state index contributed by atoms with van der Waals surface area (Å²) in [5.74, 6) is 1.38. The van der Waals surface area contributed by atoms with Crippen LogP contribution in [0.4, 0.5) is 11.4 Å². The lowest BCUT2D eigenvalue weighted by Crippen LogP contribution is -2.28. The minimum Gasteiger partial charge on any atom is -0.454 e. The lowest BCUT2D eigenvalue weighted by molar-refractivity contribution is -0.122. The number of aromatic amines is 1. The maximum atomic E-state index is 12.9. The van der Waals surface area contributed by atoms with Gasteiger partial charge in [-0.25, -0.2) is 4.98 Å². The molecule has 3 aliphatic heterocycles. The highest BCUT2D eigenvalue weighted by molar-refractivity contribution is 6.04. The SMILES string of the molecule is O=C(Nc1ccc2nc(C3CCCO3)[nH]c2c1)C1CC(=O)N(c2ccc3c(c2)OCO3)C1. The first-order valence-corrected chi connectivity index (χ1v) is 10.8. The lowest BCUT2D eigenvalue weighted by atomic mass is 10.1. The van der Waals surface area contributed by atoms with Gasteiger partial charge in [0.15, 0.2) is 11.5 Å². The van der Waals surface area contributed by atoms with E-state index < -0.39 is 5.92 Å². The summed E-state index contributed by atoms with van der Waals surface area (Å²) in [6, 6.07) is 10.9. The second-order valence-electron chi connectivity index (χ2n) is 8.29. The minimum atomic E-state index is -0.437. The summed E-state index contributed by atoms with van der Waals surface area (Å²) >= 11 is 0. The van der Waals surface area contributed by atoms with Crippen LogP contribution in [-0.2, 0) is 14.3 Å². The maximum Gasteiger partial charge on any atom is 0.231 e. The van der Waals surface area contributed by atoms with Crippen molar-refractivity contribution in [3.63, 3.8) is 0 Å². The van der Waals surface area contributed by atoms with Gasteiger partial charge in [0.05, 0.1) is 17.0 Å². The molecule has 0 radical (unpaired) electrons. The van der Waals surface area contributed by atoms with Gasteiger partial charge in [0, 0.05) is 37.0 Å². The van der Waals surface area contributed by atoms with Gasteiger partial charge in [-0.05, 0) is 43.2 Å². The number of nitrogens with one attached hydrogen (secondary N) is 2. The van der Waals surface area contributed by atoms with Crippen molar-refractivity contribution in [2.75, 3.05) is 30.2 Å². The number of imidazole rings is 1. The number of aromatic nitrogens is 2. The second-order valence-corrected chi connectivity index (χ2v) is 8.29. The van der Waals surface area contributed by atoms with Crippen LogP contribution in [0.3, 0.4) is 0 Å². The number of anilines is 2. The summed E-state index contributed by atoms with van der Waals surface area (Å²) in [4.78, 5) is 35.0. The molecular weight excluding hydrogens is 412 g/mol. The van der Waals surface area contributed by atoms with E-state index in [0.29, 0.717) is 29.4 Å². The third-order valence-corrected chi connectivity index (χ3v) is 6.17. The highest BCUT2D eigenvalue weighted by atomic mass is 16.7. The van der Waals surface area contributed by atoms with E-state index in [1.807, 2.05) is 24.3 Å². The van der Waals surface area contributed by atoms with Crippen molar-refractivity contribution in [2.24, 2.45) is 5.92 Å². The second kappa shape index (κ2) is 7.52. The summed E-state index contributed by atoms with van der Waals surface area (Å²) in [5, 5.41) is 2.95. The minimum absolute atomic E-state index is 0.00658. The molecule has 2 saturated heterocycles. The van der Waals surface area contributed by atoms with Crippen LogP contribution >= 0.6 is 0 Å². The Balaban J connectivity index is 1.15. The standard InChI is InChI=1S/C23H22N4O5/c28-21-8-13(11-27(21)15-4-6-18-20(10-15)32-12-31-18)23(29)24-14-3-5-16-17(9-14)26-22(25-16)19-2-1-7-30-19/h3-6,9-10,13,19H,1-2,7-8,11-12H2,(H,24,29)(H,25,26). The van der Waals surface area contributed by atoms with Crippen LogP contribution < -0.4 is 19.7 Å². The molecule has 3 aliphatic rings. The Kier molecular flexibility index (Phi) is 4.50. The van der Waals surface area contributed by atoms with Crippen LogP contribution in [-0.4, -0.2) is 41.7 Å². The van der Waals surface area contributed by atoms with E-state index in [0.717, 1.165) is 36.3 Å². The van der Waals surface area contributed by atoms with Gasteiger partial charge in [-0.15, -0.1) is 0 Å². The van der Waals surface area contributed by atoms with E-state index in [-0.39, 0.29) is 31.1 Å². The molecule has 0 saturated carbocycles. The van der Waals surface area contributed by atoms with Gasteiger partial charge in [-0.2, -0.15) is 0 Å². The molecule has 2 N–H and O–H groups in total. The molecule has 2 fully saturated rings. The Morgan fingerprint density at radius 1 is 1.16 bits per heavy atom. The Hall–Kier alpha value is -3.59. The maximum absolute atomic E-state index is 12.9. The molecule has 0 bridgehead atoms. The summed E-state index contributed by atoms with van der Waals surface area (Å²) in [6.45, 7) is 1.25. The molecule has 32 heavy (non-hydrogen) atoms. The van der Waals surface area contributed by atoms with Crippen LogP contribution in [0.15, 0.2) is 36.4 Å². The number of benzene rings is 2. The van der Waals surface area contributed by atoms with Crippen LogP contribution in [0.2, 0.25) is 0 Å². The Morgan fingerprint density at radius 3 is 2.94 bits per heavy atom. The molecule has 2 amide bonds. The molecule has 0 aliphatic carbocycles. The first-order chi connectivity index (χ1) is 15.6. The molecule has 0 spiro atoms. The normalized spacial score (nSPS) is 22.1. The predicted octanol–water partition coefficient (Wildman–Crippen LogP) is 3.13.